The molecule has 1 aromatic carbocycles. The molecule has 0 saturated carbocycles. The Kier molecular flexibility index (Phi) is 8.38. The summed E-state index contributed by atoms with van der Waals surface area (Å²) in [5, 5.41) is 19.5. The van der Waals surface area contributed by atoms with Crippen LogP contribution in [0.25, 0.3) is 0 Å². The van der Waals surface area contributed by atoms with E-state index in [1.807, 2.05) is 24.3 Å². The van der Waals surface area contributed by atoms with Gasteiger partial charge in [0.2, 0.25) is 0 Å². The molecule has 0 aromatic heterocycles. The van der Waals surface area contributed by atoms with Crippen LogP contribution in [-0.4, -0.2) is 40.9 Å². The number of hydrogen-bond donors (Lipinski definition) is 2. The van der Waals surface area contributed by atoms with Gasteiger partial charge >= 0.3 is 0 Å². The van der Waals surface area contributed by atoms with Crippen LogP contribution in [0.3, 0.4) is 0 Å². The Hall–Kier alpha value is -0.420. The van der Waals surface area contributed by atoms with Crippen LogP contribution < -0.4 is 0 Å². The van der Waals surface area contributed by atoms with Crippen molar-refractivity contribution < 1.29 is 10.2 Å². The molecule has 0 heterocycles. The monoisotopic (exact) mass is 343 g/mol. The first-order valence-corrected chi connectivity index (χ1v) is 8.20. The van der Waals surface area contributed by atoms with E-state index in [1.165, 1.54) is 0 Å². The van der Waals surface area contributed by atoms with Gasteiger partial charge < -0.3 is 10.2 Å². The maximum atomic E-state index is 10.3. The van der Waals surface area contributed by atoms with E-state index < -0.39 is 6.10 Å². The van der Waals surface area contributed by atoms with Gasteiger partial charge in [-0.3, -0.25) is 4.90 Å². The second kappa shape index (κ2) is 9.50. The van der Waals surface area contributed by atoms with Crippen molar-refractivity contribution in [3.63, 3.8) is 0 Å². The molecule has 1 aromatic rings. The highest BCUT2D eigenvalue weighted by molar-refractivity contribution is 9.10. The van der Waals surface area contributed by atoms with Crippen LogP contribution in [0.1, 0.15) is 44.8 Å². The molecule has 0 amide bonds. The molecule has 4 heteroatoms. The van der Waals surface area contributed by atoms with Gasteiger partial charge in [-0.15, -0.1) is 0 Å². The molecule has 114 valence electrons. The van der Waals surface area contributed by atoms with Crippen molar-refractivity contribution in [2.45, 2.75) is 45.3 Å². The number of halogens is 1. The normalized spacial score (nSPS) is 13.2. The summed E-state index contributed by atoms with van der Waals surface area (Å²) in [5.74, 6) is 0. The smallest absolute Gasteiger partial charge is 0.0813 e. The van der Waals surface area contributed by atoms with Crippen LogP contribution in [0.15, 0.2) is 28.7 Å². The Balaban J connectivity index is 2.60. The van der Waals surface area contributed by atoms with Crippen molar-refractivity contribution in [3.05, 3.63) is 34.3 Å². The van der Waals surface area contributed by atoms with Gasteiger partial charge in [-0.05, 0) is 30.9 Å². The van der Waals surface area contributed by atoms with Crippen LogP contribution >= 0.6 is 15.9 Å². The molecule has 1 unspecified atom stereocenters. The highest BCUT2D eigenvalue weighted by Gasteiger charge is 2.17. The number of rotatable bonds is 9. The summed E-state index contributed by atoms with van der Waals surface area (Å²) in [6, 6.07) is 8.26. The Labute approximate surface area is 130 Å². The predicted octanol–water partition coefficient (Wildman–Crippen LogP) is 3.36. The van der Waals surface area contributed by atoms with E-state index in [2.05, 4.69) is 34.7 Å². The molecule has 0 bridgehead atoms. The molecule has 1 atom stereocenters. The van der Waals surface area contributed by atoms with Crippen molar-refractivity contribution >= 4 is 15.9 Å². The second-order valence-electron chi connectivity index (χ2n) is 5.06. The molecular formula is C16H26BrNO2. The van der Waals surface area contributed by atoms with Gasteiger partial charge in [-0.2, -0.15) is 0 Å². The number of aliphatic hydroxyl groups is 2. The molecule has 0 saturated heterocycles. The summed E-state index contributed by atoms with van der Waals surface area (Å²) < 4.78 is 0.948. The van der Waals surface area contributed by atoms with E-state index in [0.29, 0.717) is 19.0 Å². The minimum Gasteiger partial charge on any atom is -0.395 e. The molecule has 0 aliphatic heterocycles. The highest BCUT2D eigenvalue weighted by Crippen LogP contribution is 2.25. The topological polar surface area (TPSA) is 43.7 Å². The zero-order chi connectivity index (χ0) is 15.0. The average Bonchev–Trinajstić information content (AvgIpc) is 2.46. The molecule has 1 rings (SSSR count). The zero-order valence-corrected chi connectivity index (χ0v) is 14.0. The standard InChI is InChI=1S/C16H26BrNO2/c1-3-13(4-2)18(11-12-19)10-9-16(20)14-7-5-6-8-15(14)17/h5-8,13,16,19-20H,3-4,9-12H2,1-2H3. The first kappa shape index (κ1) is 17.6. The van der Waals surface area contributed by atoms with E-state index in [1.54, 1.807) is 0 Å². The second-order valence-corrected chi connectivity index (χ2v) is 5.91. The Bertz CT molecular complexity index is 382. The van der Waals surface area contributed by atoms with Crippen molar-refractivity contribution in [2.24, 2.45) is 0 Å². The molecule has 2 N–H and O–H groups in total. The Morgan fingerprint density at radius 1 is 1.15 bits per heavy atom. The molecule has 0 spiro atoms. The third-order valence-corrected chi connectivity index (χ3v) is 4.52. The van der Waals surface area contributed by atoms with Crippen LogP contribution in [0, 0.1) is 0 Å². The summed E-state index contributed by atoms with van der Waals surface area (Å²) >= 11 is 3.48. The Morgan fingerprint density at radius 3 is 2.35 bits per heavy atom. The van der Waals surface area contributed by atoms with Gasteiger partial charge in [-0.1, -0.05) is 48.0 Å². The van der Waals surface area contributed by atoms with E-state index in [-0.39, 0.29) is 6.61 Å². The molecular weight excluding hydrogens is 318 g/mol. The predicted molar refractivity (Wildman–Crippen MR) is 86.7 cm³/mol. The molecule has 0 radical (unpaired) electrons. The van der Waals surface area contributed by atoms with Crippen molar-refractivity contribution in [1.82, 2.24) is 4.90 Å². The number of aliphatic hydroxyl groups excluding tert-OH is 2. The van der Waals surface area contributed by atoms with Gasteiger partial charge in [0.15, 0.2) is 0 Å². The molecule has 0 aliphatic carbocycles. The quantitative estimate of drug-likeness (QED) is 0.722. The van der Waals surface area contributed by atoms with Gasteiger partial charge in [0, 0.05) is 23.6 Å². The Morgan fingerprint density at radius 2 is 1.80 bits per heavy atom. The molecule has 0 aliphatic rings. The molecule has 20 heavy (non-hydrogen) atoms. The van der Waals surface area contributed by atoms with Crippen molar-refractivity contribution in [2.75, 3.05) is 19.7 Å². The minimum absolute atomic E-state index is 0.168. The van der Waals surface area contributed by atoms with E-state index in [0.717, 1.165) is 29.4 Å². The number of benzene rings is 1. The van der Waals surface area contributed by atoms with Gasteiger partial charge in [0.25, 0.3) is 0 Å². The van der Waals surface area contributed by atoms with Crippen LogP contribution in [0.2, 0.25) is 0 Å². The average molecular weight is 344 g/mol. The van der Waals surface area contributed by atoms with Crippen molar-refractivity contribution in [1.29, 1.82) is 0 Å². The third kappa shape index (κ3) is 5.17. The SMILES string of the molecule is CCC(CC)N(CCO)CCC(O)c1ccccc1Br. The summed E-state index contributed by atoms with van der Waals surface area (Å²) in [6.07, 6.45) is 2.35. The van der Waals surface area contributed by atoms with Crippen LogP contribution in [0.4, 0.5) is 0 Å². The van der Waals surface area contributed by atoms with E-state index in [9.17, 15) is 10.2 Å². The lowest BCUT2D eigenvalue weighted by Crippen LogP contribution is -2.38. The number of nitrogens with zero attached hydrogens (tertiary/aromatic N) is 1. The van der Waals surface area contributed by atoms with Crippen LogP contribution in [0.5, 0.6) is 0 Å². The lowest BCUT2D eigenvalue weighted by molar-refractivity contribution is 0.103. The first-order valence-electron chi connectivity index (χ1n) is 7.41. The van der Waals surface area contributed by atoms with Crippen molar-refractivity contribution in [3.8, 4) is 0 Å². The first-order chi connectivity index (χ1) is 9.63. The van der Waals surface area contributed by atoms with Gasteiger partial charge in [0.05, 0.1) is 12.7 Å². The highest BCUT2D eigenvalue weighted by atomic mass is 79.9. The third-order valence-electron chi connectivity index (χ3n) is 3.80. The maximum Gasteiger partial charge on any atom is 0.0813 e. The van der Waals surface area contributed by atoms with Gasteiger partial charge in [0.1, 0.15) is 0 Å². The lowest BCUT2D eigenvalue weighted by Gasteiger charge is -2.30. The maximum absolute atomic E-state index is 10.3. The summed E-state index contributed by atoms with van der Waals surface area (Å²) in [7, 11) is 0. The van der Waals surface area contributed by atoms with E-state index in [4.69, 9.17) is 0 Å². The lowest BCUT2D eigenvalue weighted by atomic mass is 10.0. The largest absolute Gasteiger partial charge is 0.395 e. The summed E-state index contributed by atoms with van der Waals surface area (Å²) in [6.45, 7) is 5.98. The molecule has 3 nitrogen and oxygen atoms in total. The van der Waals surface area contributed by atoms with E-state index >= 15 is 0 Å². The molecule has 0 fully saturated rings. The summed E-state index contributed by atoms with van der Waals surface area (Å²) in [4.78, 5) is 2.28. The fourth-order valence-electron chi connectivity index (χ4n) is 2.60. The zero-order valence-electron chi connectivity index (χ0n) is 12.4. The van der Waals surface area contributed by atoms with Crippen LogP contribution in [-0.2, 0) is 0 Å². The fraction of sp³-hybridized carbons (Fsp3) is 0.625. The fourth-order valence-corrected chi connectivity index (χ4v) is 3.15. The summed E-state index contributed by atoms with van der Waals surface area (Å²) in [5.41, 5.74) is 0.931. The minimum atomic E-state index is -0.471. The van der Waals surface area contributed by atoms with Gasteiger partial charge in [-0.25, -0.2) is 0 Å². The number of hydrogen-bond acceptors (Lipinski definition) is 3.